The zero-order valence-electron chi connectivity index (χ0n) is 27.4. The lowest BCUT2D eigenvalue weighted by atomic mass is 10.1. The van der Waals surface area contributed by atoms with Crippen LogP contribution in [0.5, 0.6) is 11.5 Å². The predicted molar refractivity (Wildman–Crippen MR) is 177 cm³/mol. The molecule has 11 nitrogen and oxygen atoms in total. The second-order valence-corrected chi connectivity index (χ2v) is 11.8. The highest BCUT2D eigenvalue weighted by atomic mass is 16.6. The number of carbonyl (C=O) groups is 1. The number of ether oxygens (including phenoxy) is 3. The Morgan fingerprint density at radius 3 is 1.98 bits per heavy atom. The lowest BCUT2D eigenvalue weighted by Gasteiger charge is -2.26. The van der Waals surface area contributed by atoms with Gasteiger partial charge >= 0.3 is 11.8 Å². The highest BCUT2D eigenvalue weighted by Crippen LogP contribution is 2.37. The van der Waals surface area contributed by atoms with E-state index in [-0.39, 0.29) is 10.6 Å². The van der Waals surface area contributed by atoms with Crippen LogP contribution in [0.1, 0.15) is 70.2 Å². The molecule has 11 heteroatoms. The Labute approximate surface area is 266 Å². The van der Waals surface area contributed by atoms with Gasteiger partial charge in [-0.3, -0.25) is 10.1 Å². The van der Waals surface area contributed by atoms with E-state index in [4.69, 9.17) is 19.2 Å². The Hall–Kier alpha value is -4.54. The summed E-state index contributed by atoms with van der Waals surface area (Å²) in [6.07, 6.45) is 3.76. The zero-order chi connectivity index (χ0) is 32.8. The van der Waals surface area contributed by atoms with Crippen LogP contribution in [0.2, 0.25) is 0 Å². The van der Waals surface area contributed by atoms with E-state index in [1.165, 1.54) is 0 Å². The molecule has 1 amide bonds. The van der Waals surface area contributed by atoms with Crippen LogP contribution in [-0.4, -0.2) is 48.9 Å². The van der Waals surface area contributed by atoms with Crippen molar-refractivity contribution in [3.8, 4) is 11.5 Å². The fourth-order valence-corrected chi connectivity index (χ4v) is 4.72. The number of amides is 1. The molecule has 0 spiro atoms. The van der Waals surface area contributed by atoms with Crippen LogP contribution in [0, 0.1) is 10.1 Å². The van der Waals surface area contributed by atoms with Crippen LogP contribution in [0.25, 0.3) is 0 Å². The summed E-state index contributed by atoms with van der Waals surface area (Å²) in [5, 5.41) is 18.7. The van der Waals surface area contributed by atoms with E-state index in [1.807, 2.05) is 53.4 Å². The highest BCUT2D eigenvalue weighted by molar-refractivity contribution is 5.75. The number of rotatable bonds is 17. The number of nitrogens with one attached hydrogen (secondary N) is 2. The molecule has 1 heterocycles. The van der Waals surface area contributed by atoms with Crippen LogP contribution in [0.15, 0.2) is 54.6 Å². The summed E-state index contributed by atoms with van der Waals surface area (Å²) in [5.41, 5.74) is 2.43. The minimum absolute atomic E-state index is 0.0867. The SMILES string of the molecule is CCCCCc1cc(NCCCNC(=O)OC(C)(C)C)c([N+](=O)[O-])c(N(Cc2ccc(OC)cc2)Cc2ccc(OC)cc2)n1. The number of pyridine rings is 1. The Balaban J connectivity index is 1.96. The molecule has 0 saturated heterocycles. The quantitative estimate of drug-likeness (QED) is 0.0908. The summed E-state index contributed by atoms with van der Waals surface area (Å²) < 4.78 is 16.0. The first-order valence-corrected chi connectivity index (χ1v) is 15.4. The number of hydrogen-bond donors (Lipinski definition) is 2. The molecule has 3 rings (SSSR count). The minimum Gasteiger partial charge on any atom is -0.497 e. The van der Waals surface area contributed by atoms with Gasteiger partial charge in [0.05, 0.1) is 19.1 Å². The average Bonchev–Trinajstić information content (AvgIpc) is 3.00. The first-order valence-electron chi connectivity index (χ1n) is 15.4. The first-order chi connectivity index (χ1) is 21.5. The number of benzene rings is 2. The second-order valence-electron chi connectivity index (χ2n) is 11.8. The van der Waals surface area contributed by atoms with Crippen molar-refractivity contribution in [2.45, 2.75) is 78.5 Å². The Morgan fingerprint density at radius 2 is 1.49 bits per heavy atom. The number of aromatic nitrogens is 1. The Kier molecular flexibility index (Phi) is 13.3. The van der Waals surface area contributed by atoms with E-state index in [9.17, 15) is 14.9 Å². The molecule has 0 unspecified atom stereocenters. The molecule has 244 valence electrons. The number of anilines is 2. The van der Waals surface area contributed by atoms with Crippen molar-refractivity contribution >= 4 is 23.3 Å². The molecule has 0 aliphatic heterocycles. The van der Waals surface area contributed by atoms with Gasteiger partial charge in [-0.15, -0.1) is 0 Å². The number of unbranched alkanes of at least 4 members (excludes halogenated alkanes) is 2. The minimum atomic E-state index is -0.589. The number of methoxy groups -OCH3 is 2. The van der Waals surface area contributed by atoms with Gasteiger partial charge in [-0.1, -0.05) is 44.0 Å². The number of nitrogens with zero attached hydrogens (tertiary/aromatic N) is 3. The van der Waals surface area contributed by atoms with Gasteiger partial charge in [-0.25, -0.2) is 9.78 Å². The standard InChI is InChI=1S/C34H47N5O6/c1-7-8-9-11-27-22-30(35-20-10-21-36-33(40)45-34(2,3)4)31(39(41)42)32(37-27)38(23-25-12-16-28(43-5)17-13-25)24-26-14-18-29(44-6)19-15-26/h12-19,22H,7-11,20-21,23-24H2,1-6H3,(H,35,37)(H,36,40). The number of alkyl carbamates (subject to hydrolysis) is 1. The molecule has 0 bridgehead atoms. The molecule has 0 fully saturated rings. The van der Waals surface area contributed by atoms with Crippen molar-refractivity contribution in [1.82, 2.24) is 10.3 Å². The molecular weight excluding hydrogens is 574 g/mol. The van der Waals surface area contributed by atoms with E-state index in [0.717, 1.165) is 47.6 Å². The molecule has 0 aliphatic rings. The molecule has 0 aliphatic carbocycles. The summed E-state index contributed by atoms with van der Waals surface area (Å²) in [6.45, 7) is 9.10. The topological polar surface area (TPSA) is 128 Å². The summed E-state index contributed by atoms with van der Waals surface area (Å²) in [7, 11) is 3.23. The predicted octanol–water partition coefficient (Wildman–Crippen LogP) is 7.27. The second kappa shape index (κ2) is 17.1. The third-order valence-corrected chi connectivity index (χ3v) is 6.95. The molecule has 0 atom stereocenters. The summed E-state index contributed by atoms with van der Waals surface area (Å²) in [6, 6.07) is 17.1. The Bertz CT molecular complexity index is 1320. The van der Waals surface area contributed by atoms with Crippen LogP contribution in [0.3, 0.4) is 0 Å². The third kappa shape index (κ3) is 11.5. The molecule has 1 aromatic heterocycles. The average molecular weight is 622 g/mol. The third-order valence-electron chi connectivity index (χ3n) is 6.95. The van der Waals surface area contributed by atoms with E-state index < -0.39 is 11.7 Å². The number of nitro groups is 1. The van der Waals surface area contributed by atoms with Gasteiger partial charge < -0.3 is 29.7 Å². The molecule has 2 N–H and O–H groups in total. The summed E-state index contributed by atoms with van der Waals surface area (Å²) in [5.74, 6) is 1.76. The lowest BCUT2D eigenvalue weighted by Crippen LogP contribution is -2.33. The molecular formula is C34H47N5O6. The molecule has 45 heavy (non-hydrogen) atoms. The van der Waals surface area contributed by atoms with Gasteiger partial charge in [0, 0.05) is 31.9 Å². The van der Waals surface area contributed by atoms with Crippen LogP contribution in [0.4, 0.5) is 22.0 Å². The maximum absolute atomic E-state index is 12.7. The van der Waals surface area contributed by atoms with Crippen molar-refractivity contribution in [2.75, 3.05) is 37.5 Å². The fourth-order valence-electron chi connectivity index (χ4n) is 4.72. The van der Waals surface area contributed by atoms with Gasteiger partial charge in [-0.2, -0.15) is 0 Å². The largest absolute Gasteiger partial charge is 0.497 e. The molecule has 2 aromatic carbocycles. The summed E-state index contributed by atoms with van der Waals surface area (Å²) in [4.78, 5) is 31.2. The maximum atomic E-state index is 12.7. The van der Waals surface area contributed by atoms with Gasteiger partial charge in [0.15, 0.2) is 0 Å². The van der Waals surface area contributed by atoms with E-state index in [1.54, 1.807) is 41.1 Å². The summed E-state index contributed by atoms with van der Waals surface area (Å²) >= 11 is 0. The number of aryl methyl sites for hydroxylation is 1. The smallest absolute Gasteiger partial charge is 0.407 e. The molecule has 3 aromatic rings. The van der Waals surface area contributed by atoms with E-state index in [2.05, 4.69) is 17.6 Å². The number of hydrogen-bond acceptors (Lipinski definition) is 9. The fraction of sp³-hybridized carbons (Fsp3) is 0.471. The van der Waals surface area contributed by atoms with Crippen molar-refractivity contribution < 1.29 is 23.9 Å². The van der Waals surface area contributed by atoms with Gasteiger partial charge in [0.2, 0.25) is 5.82 Å². The van der Waals surface area contributed by atoms with Gasteiger partial charge in [-0.05, 0) is 81.5 Å². The zero-order valence-corrected chi connectivity index (χ0v) is 27.4. The van der Waals surface area contributed by atoms with Crippen LogP contribution in [-0.2, 0) is 24.2 Å². The van der Waals surface area contributed by atoms with Crippen molar-refractivity contribution in [3.63, 3.8) is 0 Å². The molecule has 0 radical (unpaired) electrons. The van der Waals surface area contributed by atoms with Crippen LogP contribution < -0.4 is 25.0 Å². The van der Waals surface area contributed by atoms with Crippen molar-refractivity contribution in [3.05, 3.63) is 81.5 Å². The Morgan fingerprint density at radius 1 is 0.911 bits per heavy atom. The van der Waals surface area contributed by atoms with E-state index >= 15 is 0 Å². The van der Waals surface area contributed by atoms with Crippen molar-refractivity contribution in [2.24, 2.45) is 0 Å². The van der Waals surface area contributed by atoms with Crippen LogP contribution >= 0.6 is 0 Å². The van der Waals surface area contributed by atoms with E-state index in [0.29, 0.717) is 50.5 Å². The monoisotopic (exact) mass is 621 g/mol. The first kappa shape index (κ1) is 34.9. The molecule has 0 saturated carbocycles. The number of carbonyl (C=O) groups excluding carboxylic acids is 1. The maximum Gasteiger partial charge on any atom is 0.407 e. The highest BCUT2D eigenvalue weighted by Gasteiger charge is 2.28. The van der Waals surface area contributed by atoms with Gasteiger partial charge in [0.1, 0.15) is 22.8 Å². The lowest BCUT2D eigenvalue weighted by molar-refractivity contribution is -0.383. The van der Waals surface area contributed by atoms with Crippen molar-refractivity contribution in [1.29, 1.82) is 0 Å². The normalized spacial score (nSPS) is 11.1. The van der Waals surface area contributed by atoms with Gasteiger partial charge in [0.25, 0.3) is 0 Å².